The molecule has 1 N–H and O–H groups in total. The highest BCUT2D eigenvalue weighted by Gasteiger charge is 2.36. The minimum atomic E-state index is -3.51. The van der Waals surface area contributed by atoms with Crippen molar-refractivity contribution >= 4 is 10.0 Å². The van der Waals surface area contributed by atoms with E-state index in [1.807, 2.05) is 20.9 Å². The van der Waals surface area contributed by atoms with Crippen molar-refractivity contribution in [2.24, 2.45) is 0 Å². The SMILES string of the molecule is CCC1COC(C)CN1S(=O)(=O)c1cnn(CCNC)c1. The van der Waals surface area contributed by atoms with Gasteiger partial charge >= 0.3 is 0 Å². The van der Waals surface area contributed by atoms with Crippen molar-refractivity contribution in [1.82, 2.24) is 19.4 Å². The second-order valence-electron chi connectivity index (χ2n) is 5.32. The predicted octanol–water partition coefficient (Wildman–Crippen LogP) is 0.291. The van der Waals surface area contributed by atoms with Gasteiger partial charge in [0.25, 0.3) is 0 Å². The quantitative estimate of drug-likeness (QED) is 0.816. The first-order chi connectivity index (χ1) is 9.98. The number of hydrogen-bond acceptors (Lipinski definition) is 5. The molecule has 1 aromatic heterocycles. The summed E-state index contributed by atoms with van der Waals surface area (Å²) in [5, 5.41) is 7.14. The first kappa shape index (κ1) is 16.4. The highest BCUT2D eigenvalue weighted by atomic mass is 32.2. The van der Waals surface area contributed by atoms with Gasteiger partial charge in [0.1, 0.15) is 4.90 Å². The van der Waals surface area contributed by atoms with Gasteiger partial charge in [0.15, 0.2) is 0 Å². The summed E-state index contributed by atoms with van der Waals surface area (Å²) < 4.78 is 34.4. The Hall–Kier alpha value is -0.960. The average Bonchev–Trinajstić information content (AvgIpc) is 2.94. The molecular weight excluding hydrogens is 292 g/mol. The topological polar surface area (TPSA) is 76.5 Å². The maximum Gasteiger partial charge on any atom is 0.246 e. The van der Waals surface area contributed by atoms with E-state index in [9.17, 15) is 8.42 Å². The lowest BCUT2D eigenvalue weighted by atomic mass is 10.2. The van der Waals surface area contributed by atoms with Gasteiger partial charge in [-0.1, -0.05) is 6.92 Å². The number of nitrogens with one attached hydrogen (secondary N) is 1. The molecule has 2 heterocycles. The van der Waals surface area contributed by atoms with Crippen LogP contribution in [-0.4, -0.2) is 61.4 Å². The molecule has 0 bridgehead atoms. The van der Waals surface area contributed by atoms with Crippen LogP contribution in [0.15, 0.2) is 17.3 Å². The van der Waals surface area contributed by atoms with Gasteiger partial charge in [-0.2, -0.15) is 9.40 Å². The summed E-state index contributed by atoms with van der Waals surface area (Å²) in [4.78, 5) is 0.256. The van der Waals surface area contributed by atoms with E-state index in [1.165, 1.54) is 6.20 Å². The van der Waals surface area contributed by atoms with E-state index in [4.69, 9.17) is 4.74 Å². The van der Waals surface area contributed by atoms with Crippen molar-refractivity contribution in [3.63, 3.8) is 0 Å². The summed E-state index contributed by atoms with van der Waals surface area (Å²) in [7, 11) is -1.66. The number of nitrogens with zero attached hydrogens (tertiary/aromatic N) is 3. The predicted molar refractivity (Wildman–Crippen MR) is 79.5 cm³/mol. The van der Waals surface area contributed by atoms with Gasteiger partial charge in [0.2, 0.25) is 10.0 Å². The molecule has 1 aliphatic heterocycles. The molecule has 2 unspecified atom stereocenters. The monoisotopic (exact) mass is 316 g/mol. The first-order valence-corrected chi connectivity index (χ1v) is 8.73. The molecule has 0 amide bonds. The third kappa shape index (κ3) is 3.63. The number of morpholine rings is 1. The van der Waals surface area contributed by atoms with Gasteiger partial charge in [-0.25, -0.2) is 8.42 Å². The van der Waals surface area contributed by atoms with Gasteiger partial charge in [-0.05, 0) is 20.4 Å². The standard InChI is InChI=1S/C13H24N4O3S/c1-4-12-10-20-11(2)8-17(12)21(18,19)13-7-15-16(9-13)6-5-14-3/h7,9,11-12,14H,4-6,8,10H2,1-3H3. The van der Waals surface area contributed by atoms with Crippen LogP contribution in [0.1, 0.15) is 20.3 Å². The highest BCUT2D eigenvalue weighted by molar-refractivity contribution is 7.89. The first-order valence-electron chi connectivity index (χ1n) is 7.29. The Bertz CT molecular complexity index is 558. The molecule has 0 radical (unpaired) electrons. The van der Waals surface area contributed by atoms with Gasteiger partial charge in [-0.3, -0.25) is 4.68 Å². The lowest BCUT2D eigenvalue weighted by molar-refractivity contribution is -0.0230. The van der Waals surface area contributed by atoms with Crippen LogP contribution < -0.4 is 5.32 Å². The van der Waals surface area contributed by atoms with Crippen molar-refractivity contribution < 1.29 is 13.2 Å². The Morgan fingerprint density at radius 2 is 2.29 bits per heavy atom. The van der Waals surface area contributed by atoms with Crippen LogP contribution >= 0.6 is 0 Å². The highest BCUT2D eigenvalue weighted by Crippen LogP contribution is 2.23. The summed E-state index contributed by atoms with van der Waals surface area (Å²) in [6.45, 7) is 6.09. The molecule has 1 fully saturated rings. The smallest absolute Gasteiger partial charge is 0.246 e. The molecular formula is C13H24N4O3S. The molecule has 1 saturated heterocycles. The van der Waals surface area contributed by atoms with Crippen molar-refractivity contribution in [3.05, 3.63) is 12.4 Å². The summed E-state index contributed by atoms with van der Waals surface area (Å²) in [6.07, 6.45) is 3.68. The van der Waals surface area contributed by atoms with Gasteiger partial charge < -0.3 is 10.1 Å². The second-order valence-corrected chi connectivity index (χ2v) is 7.21. The Balaban J connectivity index is 2.21. The lowest BCUT2D eigenvalue weighted by Crippen LogP contribution is -2.51. The fourth-order valence-electron chi connectivity index (χ4n) is 2.39. The van der Waals surface area contributed by atoms with Crippen LogP contribution in [0.5, 0.6) is 0 Å². The Morgan fingerprint density at radius 1 is 1.52 bits per heavy atom. The fourth-order valence-corrected chi connectivity index (χ4v) is 4.11. The fraction of sp³-hybridized carbons (Fsp3) is 0.769. The largest absolute Gasteiger partial charge is 0.375 e. The normalized spacial score (nSPS) is 24.3. The summed E-state index contributed by atoms with van der Waals surface area (Å²) in [5.74, 6) is 0. The van der Waals surface area contributed by atoms with E-state index in [0.29, 0.717) is 19.7 Å². The Morgan fingerprint density at radius 3 is 2.95 bits per heavy atom. The molecule has 0 spiro atoms. The third-order valence-corrected chi connectivity index (χ3v) is 5.57. The zero-order valence-electron chi connectivity index (χ0n) is 12.8. The van der Waals surface area contributed by atoms with Crippen LogP contribution in [-0.2, 0) is 21.3 Å². The molecule has 8 heteroatoms. The minimum absolute atomic E-state index is 0.0816. The van der Waals surface area contributed by atoms with Crippen molar-refractivity contribution in [2.45, 2.75) is 43.9 Å². The Labute approximate surface area is 126 Å². The Kier molecular flexibility index (Phi) is 5.37. The van der Waals surface area contributed by atoms with Crippen LogP contribution in [0.3, 0.4) is 0 Å². The van der Waals surface area contributed by atoms with Crippen LogP contribution in [0.2, 0.25) is 0 Å². The molecule has 21 heavy (non-hydrogen) atoms. The van der Waals surface area contributed by atoms with Crippen LogP contribution in [0, 0.1) is 0 Å². The molecule has 7 nitrogen and oxygen atoms in total. The van der Waals surface area contributed by atoms with E-state index in [1.54, 1.807) is 15.2 Å². The number of ether oxygens (including phenoxy) is 1. The summed E-state index contributed by atoms with van der Waals surface area (Å²) in [5.41, 5.74) is 0. The molecule has 0 saturated carbocycles. The summed E-state index contributed by atoms with van der Waals surface area (Å²) >= 11 is 0. The van der Waals surface area contributed by atoms with Crippen LogP contribution in [0.4, 0.5) is 0 Å². The van der Waals surface area contributed by atoms with E-state index >= 15 is 0 Å². The van der Waals surface area contributed by atoms with Gasteiger partial charge in [0, 0.05) is 25.3 Å². The molecule has 1 aliphatic rings. The lowest BCUT2D eigenvalue weighted by Gasteiger charge is -2.36. The molecule has 2 rings (SSSR count). The summed E-state index contributed by atoms with van der Waals surface area (Å²) in [6, 6.07) is -0.105. The van der Waals surface area contributed by atoms with E-state index < -0.39 is 10.0 Å². The number of rotatable bonds is 6. The molecule has 0 aromatic carbocycles. The van der Waals surface area contributed by atoms with Crippen molar-refractivity contribution in [1.29, 1.82) is 0 Å². The van der Waals surface area contributed by atoms with E-state index in [-0.39, 0.29) is 17.0 Å². The number of hydrogen-bond donors (Lipinski definition) is 1. The zero-order chi connectivity index (χ0) is 15.5. The number of likely N-dealkylation sites (N-methyl/N-ethyl adjacent to an activating group) is 1. The maximum atomic E-state index is 12.8. The number of sulfonamides is 1. The van der Waals surface area contributed by atoms with Crippen molar-refractivity contribution in [3.8, 4) is 0 Å². The molecule has 2 atom stereocenters. The van der Waals surface area contributed by atoms with Gasteiger partial charge in [-0.15, -0.1) is 0 Å². The molecule has 120 valence electrons. The zero-order valence-corrected chi connectivity index (χ0v) is 13.6. The third-order valence-electron chi connectivity index (χ3n) is 3.70. The van der Waals surface area contributed by atoms with E-state index in [2.05, 4.69) is 10.4 Å². The average molecular weight is 316 g/mol. The second kappa shape index (κ2) is 6.87. The minimum Gasteiger partial charge on any atom is -0.375 e. The molecule has 0 aliphatic carbocycles. The van der Waals surface area contributed by atoms with E-state index in [0.717, 1.165) is 13.0 Å². The van der Waals surface area contributed by atoms with Crippen molar-refractivity contribution in [2.75, 3.05) is 26.7 Å². The number of aromatic nitrogens is 2. The van der Waals surface area contributed by atoms with Gasteiger partial charge in [0.05, 0.1) is 25.5 Å². The molecule has 1 aromatic rings. The maximum absolute atomic E-state index is 12.8. The van der Waals surface area contributed by atoms with Crippen LogP contribution in [0.25, 0.3) is 0 Å².